The number of hydrogen-bond acceptors (Lipinski definition) is 3. The van der Waals surface area contributed by atoms with Gasteiger partial charge in [0.1, 0.15) is 0 Å². The molecule has 0 atom stereocenters. The lowest BCUT2D eigenvalue weighted by Crippen LogP contribution is -2.59. The van der Waals surface area contributed by atoms with Crippen LogP contribution >= 0.6 is 0 Å². The quantitative estimate of drug-likeness (QED) is 0.877. The minimum absolute atomic E-state index is 0.0241. The molecular weight excluding hydrogens is 252 g/mol. The largest absolute Gasteiger partial charge is 0.381 e. The summed E-state index contributed by atoms with van der Waals surface area (Å²) >= 11 is 0. The monoisotopic (exact) mass is 276 g/mol. The molecule has 110 valence electrons. The van der Waals surface area contributed by atoms with Crippen molar-refractivity contribution in [3.8, 4) is 0 Å². The second kappa shape index (κ2) is 5.94. The zero-order chi connectivity index (χ0) is 14.6. The number of hydrogen-bond donors (Lipinski definition) is 2. The van der Waals surface area contributed by atoms with Gasteiger partial charge < -0.3 is 15.8 Å². The fourth-order valence-corrected chi connectivity index (χ4v) is 2.53. The molecule has 0 radical (unpaired) electrons. The first-order valence-electron chi connectivity index (χ1n) is 7.16. The van der Waals surface area contributed by atoms with Crippen molar-refractivity contribution >= 4 is 5.91 Å². The molecule has 1 saturated heterocycles. The Morgan fingerprint density at radius 1 is 1.30 bits per heavy atom. The fourth-order valence-electron chi connectivity index (χ4n) is 2.53. The van der Waals surface area contributed by atoms with E-state index in [0.29, 0.717) is 19.8 Å². The summed E-state index contributed by atoms with van der Waals surface area (Å²) in [5.41, 5.74) is 6.02. The van der Waals surface area contributed by atoms with Crippen LogP contribution in [0.1, 0.15) is 32.3 Å². The molecule has 1 heterocycles. The maximum Gasteiger partial charge on any atom is 0.230 e. The van der Waals surface area contributed by atoms with Crippen LogP contribution in [0.15, 0.2) is 30.3 Å². The van der Waals surface area contributed by atoms with Gasteiger partial charge in [-0.2, -0.15) is 0 Å². The van der Waals surface area contributed by atoms with Gasteiger partial charge in [-0.3, -0.25) is 4.79 Å². The molecule has 1 fully saturated rings. The van der Waals surface area contributed by atoms with Crippen LogP contribution in [0.25, 0.3) is 0 Å². The van der Waals surface area contributed by atoms with Crippen molar-refractivity contribution < 1.29 is 9.53 Å². The molecule has 0 bridgehead atoms. The molecular formula is C16H24N2O2. The second-order valence-corrected chi connectivity index (χ2v) is 6.04. The lowest BCUT2D eigenvalue weighted by Gasteiger charge is -2.39. The van der Waals surface area contributed by atoms with Crippen LogP contribution in [0.3, 0.4) is 0 Å². The number of ether oxygens (including phenoxy) is 1. The van der Waals surface area contributed by atoms with Crippen molar-refractivity contribution in [3.05, 3.63) is 35.9 Å². The third-order valence-electron chi connectivity index (χ3n) is 4.28. The smallest absolute Gasteiger partial charge is 0.230 e. The lowest BCUT2D eigenvalue weighted by atomic mass is 9.81. The van der Waals surface area contributed by atoms with Crippen molar-refractivity contribution in [2.24, 2.45) is 5.73 Å². The predicted molar refractivity (Wildman–Crippen MR) is 79.4 cm³/mol. The molecule has 1 aliphatic heterocycles. The van der Waals surface area contributed by atoms with Crippen LogP contribution in [0, 0.1) is 0 Å². The molecule has 1 aliphatic rings. The number of amides is 1. The molecule has 4 heteroatoms. The highest BCUT2D eigenvalue weighted by molar-refractivity contribution is 5.88. The summed E-state index contributed by atoms with van der Waals surface area (Å²) in [6, 6.07) is 9.84. The van der Waals surface area contributed by atoms with Crippen molar-refractivity contribution in [2.75, 3.05) is 19.8 Å². The van der Waals surface area contributed by atoms with Crippen molar-refractivity contribution in [1.82, 2.24) is 5.32 Å². The lowest BCUT2D eigenvalue weighted by molar-refractivity contribution is -0.128. The molecule has 0 saturated carbocycles. The number of nitrogens with one attached hydrogen (secondary N) is 1. The van der Waals surface area contributed by atoms with Crippen LogP contribution in [0.4, 0.5) is 0 Å². The predicted octanol–water partition coefficient (Wildman–Crippen LogP) is 1.59. The SMILES string of the molecule is CC(C)(C(=O)NC1(CN)CCOCC1)c1ccccc1. The van der Waals surface area contributed by atoms with E-state index in [0.717, 1.165) is 18.4 Å². The Labute approximate surface area is 120 Å². The number of nitrogens with two attached hydrogens (primary N) is 1. The standard InChI is InChI=1S/C16H24N2O2/c1-15(2,13-6-4-3-5-7-13)14(19)18-16(12-17)8-10-20-11-9-16/h3-7H,8-12,17H2,1-2H3,(H,18,19). The van der Waals surface area contributed by atoms with Gasteiger partial charge in [0, 0.05) is 19.8 Å². The Bertz CT molecular complexity index is 451. The number of rotatable bonds is 4. The highest BCUT2D eigenvalue weighted by Gasteiger charge is 2.38. The average Bonchev–Trinajstić information content (AvgIpc) is 2.49. The Balaban J connectivity index is 2.14. The van der Waals surface area contributed by atoms with Crippen LogP contribution in [-0.4, -0.2) is 31.2 Å². The molecule has 0 unspecified atom stereocenters. The Hall–Kier alpha value is -1.39. The Morgan fingerprint density at radius 2 is 1.90 bits per heavy atom. The van der Waals surface area contributed by atoms with Gasteiger partial charge in [0.05, 0.1) is 11.0 Å². The summed E-state index contributed by atoms with van der Waals surface area (Å²) in [7, 11) is 0. The van der Waals surface area contributed by atoms with Gasteiger partial charge in [-0.25, -0.2) is 0 Å². The fraction of sp³-hybridized carbons (Fsp3) is 0.562. The minimum atomic E-state index is -0.568. The van der Waals surface area contributed by atoms with Crippen molar-refractivity contribution in [1.29, 1.82) is 0 Å². The van der Waals surface area contributed by atoms with Gasteiger partial charge in [0.15, 0.2) is 0 Å². The molecule has 2 rings (SSSR count). The molecule has 1 aromatic carbocycles. The normalized spacial score (nSPS) is 18.6. The molecule has 0 aliphatic carbocycles. The summed E-state index contributed by atoms with van der Waals surface area (Å²) in [6.45, 7) is 5.65. The van der Waals surface area contributed by atoms with Gasteiger partial charge in [-0.05, 0) is 32.3 Å². The average molecular weight is 276 g/mol. The molecule has 4 nitrogen and oxygen atoms in total. The zero-order valence-electron chi connectivity index (χ0n) is 12.3. The van der Waals surface area contributed by atoms with Crippen LogP contribution in [-0.2, 0) is 14.9 Å². The van der Waals surface area contributed by atoms with E-state index in [9.17, 15) is 4.79 Å². The van der Waals surface area contributed by atoms with E-state index in [-0.39, 0.29) is 11.4 Å². The maximum absolute atomic E-state index is 12.7. The van der Waals surface area contributed by atoms with Crippen LogP contribution in [0.2, 0.25) is 0 Å². The van der Waals surface area contributed by atoms with E-state index < -0.39 is 5.41 Å². The van der Waals surface area contributed by atoms with Gasteiger partial charge in [-0.15, -0.1) is 0 Å². The first kappa shape index (κ1) is 15.0. The molecule has 0 spiro atoms. The first-order chi connectivity index (χ1) is 9.50. The highest BCUT2D eigenvalue weighted by Crippen LogP contribution is 2.26. The highest BCUT2D eigenvalue weighted by atomic mass is 16.5. The van der Waals surface area contributed by atoms with E-state index >= 15 is 0 Å². The summed E-state index contributed by atoms with van der Waals surface area (Å²) in [6.07, 6.45) is 1.56. The van der Waals surface area contributed by atoms with Gasteiger partial charge in [0.2, 0.25) is 5.91 Å². The summed E-state index contributed by atoms with van der Waals surface area (Å²) in [5.74, 6) is 0.0241. The van der Waals surface area contributed by atoms with E-state index in [1.807, 2.05) is 44.2 Å². The van der Waals surface area contributed by atoms with E-state index in [1.165, 1.54) is 0 Å². The van der Waals surface area contributed by atoms with Crippen molar-refractivity contribution in [2.45, 2.75) is 37.6 Å². The Kier molecular flexibility index (Phi) is 4.45. The third kappa shape index (κ3) is 3.02. The topological polar surface area (TPSA) is 64.4 Å². The van der Waals surface area contributed by atoms with Crippen molar-refractivity contribution in [3.63, 3.8) is 0 Å². The minimum Gasteiger partial charge on any atom is -0.381 e. The number of carbonyl (C=O) groups excluding carboxylic acids is 1. The van der Waals surface area contributed by atoms with Gasteiger partial charge in [-0.1, -0.05) is 30.3 Å². The summed E-state index contributed by atoms with van der Waals surface area (Å²) < 4.78 is 5.37. The Morgan fingerprint density at radius 3 is 2.45 bits per heavy atom. The zero-order valence-corrected chi connectivity index (χ0v) is 12.3. The molecule has 1 amide bonds. The molecule has 1 aromatic rings. The second-order valence-electron chi connectivity index (χ2n) is 6.04. The van der Waals surface area contributed by atoms with E-state index in [4.69, 9.17) is 10.5 Å². The first-order valence-corrected chi connectivity index (χ1v) is 7.16. The molecule has 0 aromatic heterocycles. The third-order valence-corrected chi connectivity index (χ3v) is 4.28. The van der Waals surface area contributed by atoms with E-state index in [1.54, 1.807) is 0 Å². The van der Waals surface area contributed by atoms with Crippen LogP contribution < -0.4 is 11.1 Å². The number of carbonyl (C=O) groups is 1. The summed E-state index contributed by atoms with van der Waals surface area (Å²) in [4.78, 5) is 12.7. The molecule has 20 heavy (non-hydrogen) atoms. The van der Waals surface area contributed by atoms with Gasteiger partial charge >= 0.3 is 0 Å². The van der Waals surface area contributed by atoms with Crippen LogP contribution in [0.5, 0.6) is 0 Å². The van der Waals surface area contributed by atoms with Gasteiger partial charge in [0.25, 0.3) is 0 Å². The maximum atomic E-state index is 12.7. The summed E-state index contributed by atoms with van der Waals surface area (Å²) in [5, 5.41) is 3.18. The van der Waals surface area contributed by atoms with E-state index in [2.05, 4.69) is 5.32 Å². The number of benzene rings is 1. The molecule has 3 N–H and O–H groups in total.